The van der Waals surface area contributed by atoms with E-state index >= 15 is 0 Å². The third-order valence-corrected chi connectivity index (χ3v) is 7.85. The normalized spacial score (nSPS) is 19.9. The first-order valence-corrected chi connectivity index (χ1v) is 11.9. The second-order valence-electron chi connectivity index (χ2n) is 6.90. The topological polar surface area (TPSA) is 93.4 Å². The van der Waals surface area contributed by atoms with Crippen LogP contribution in [0.5, 0.6) is 0 Å². The zero-order valence-corrected chi connectivity index (χ0v) is 17.3. The van der Waals surface area contributed by atoms with Crippen LogP contribution in [-0.4, -0.2) is 58.5 Å². The molecule has 0 radical (unpaired) electrons. The Balaban J connectivity index is 1.59. The Labute approximate surface area is 167 Å². The lowest BCUT2D eigenvalue weighted by molar-refractivity contribution is -0.131. The van der Waals surface area contributed by atoms with Crippen LogP contribution in [0.2, 0.25) is 0 Å². The summed E-state index contributed by atoms with van der Waals surface area (Å²) in [5.74, 6) is 0.109. The number of amides is 1. The fourth-order valence-corrected chi connectivity index (χ4v) is 6.31. The first kappa shape index (κ1) is 19.2. The monoisotopic (exact) mass is 419 g/mol. The maximum atomic E-state index is 13.0. The number of carbonyl (C=O) groups is 1. The molecular formula is C19H21N3O4S2. The molecular weight excluding hydrogens is 398 g/mol. The highest BCUT2D eigenvalue weighted by Gasteiger charge is 2.35. The lowest BCUT2D eigenvalue weighted by atomic mass is 10.2. The van der Waals surface area contributed by atoms with Crippen molar-refractivity contribution in [3.05, 3.63) is 30.6 Å². The number of fused-ring (bicyclic) bond motifs is 3. The molecule has 28 heavy (non-hydrogen) atoms. The van der Waals surface area contributed by atoms with Crippen molar-refractivity contribution in [1.29, 1.82) is 0 Å². The summed E-state index contributed by atoms with van der Waals surface area (Å²) in [6.07, 6.45) is 1.98. The van der Waals surface area contributed by atoms with Crippen molar-refractivity contribution in [2.75, 3.05) is 18.1 Å². The van der Waals surface area contributed by atoms with Gasteiger partial charge in [-0.15, -0.1) is 0 Å². The molecule has 3 aromatic rings. The summed E-state index contributed by atoms with van der Waals surface area (Å²) in [5.41, 5.74) is 2.02. The van der Waals surface area contributed by atoms with Crippen molar-refractivity contribution in [3.63, 3.8) is 0 Å². The summed E-state index contributed by atoms with van der Waals surface area (Å²) in [7, 11) is -3.05. The lowest BCUT2D eigenvalue weighted by Gasteiger charge is -2.29. The Bertz CT molecular complexity index is 1140. The molecule has 0 bridgehead atoms. The van der Waals surface area contributed by atoms with Crippen LogP contribution in [-0.2, 0) is 14.6 Å². The van der Waals surface area contributed by atoms with E-state index in [0.29, 0.717) is 23.6 Å². The third-order valence-electron chi connectivity index (χ3n) is 5.03. The summed E-state index contributed by atoms with van der Waals surface area (Å²) >= 11 is 1.31. The van der Waals surface area contributed by atoms with Crippen LogP contribution in [0.15, 0.2) is 40.0 Å². The molecule has 2 atom stereocenters. The average molecular weight is 420 g/mol. The summed E-state index contributed by atoms with van der Waals surface area (Å²) in [6.45, 7) is 4.17. The van der Waals surface area contributed by atoms with E-state index in [1.54, 1.807) is 4.90 Å². The van der Waals surface area contributed by atoms with Crippen LogP contribution in [0.4, 0.5) is 0 Å². The van der Waals surface area contributed by atoms with Gasteiger partial charge in [0.2, 0.25) is 5.91 Å². The van der Waals surface area contributed by atoms with E-state index in [0.717, 1.165) is 16.5 Å². The number of carbonyl (C=O) groups excluding carboxylic acids is 1. The van der Waals surface area contributed by atoms with Crippen molar-refractivity contribution in [1.82, 2.24) is 14.9 Å². The Hall–Kier alpha value is -2.13. The van der Waals surface area contributed by atoms with Crippen molar-refractivity contribution >= 4 is 49.6 Å². The number of furan rings is 1. The maximum absolute atomic E-state index is 13.0. The van der Waals surface area contributed by atoms with Gasteiger partial charge in [0.25, 0.3) is 0 Å². The van der Waals surface area contributed by atoms with Crippen molar-refractivity contribution in [2.45, 2.75) is 36.6 Å². The summed E-state index contributed by atoms with van der Waals surface area (Å²) in [6, 6.07) is 7.39. The molecule has 0 spiro atoms. The molecule has 0 saturated carbocycles. The number of para-hydroxylation sites is 1. The van der Waals surface area contributed by atoms with Crippen molar-refractivity contribution in [2.24, 2.45) is 0 Å². The Kier molecular flexibility index (Phi) is 5.05. The molecule has 1 aliphatic rings. The minimum Gasteiger partial charge on any atom is -0.451 e. The van der Waals surface area contributed by atoms with E-state index in [9.17, 15) is 13.2 Å². The fourth-order valence-electron chi connectivity index (χ4n) is 3.65. The second-order valence-corrected chi connectivity index (χ2v) is 10.5. The minimum absolute atomic E-state index is 0.0469. The number of sulfone groups is 1. The van der Waals surface area contributed by atoms with Gasteiger partial charge in [-0.05, 0) is 32.4 Å². The van der Waals surface area contributed by atoms with E-state index in [1.165, 1.54) is 18.1 Å². The molecule has 1 aliphatic heterocycles. The van der Waals surface area contributed by atoms with Crippen LogP contribution in [0.3, 0.4) is 0 Å². The Morgan fingerprint density at radius 3 is 2.86 bits per heavy atom. The number of thioether (sulfide) groups is 1. The smallest absolute Gasteiger partial charge is 0.236 e. The molecule has 1 saturated heterocycles. The number of rotatable bonds is 5. The van der Waals surface area contributed by atoms with E-state index in [1.807, 2.05) is 38.1 Å². The predicted molar refractivity (Wildman–Crippen MR) is 109 cm³/mol. The molecule has 0 aliphatic carbocycles. The van der Waals surface area contributed by atoms with Gasteiger partial charge < -0.3 is 9.32 Å². The molecule has 3 heterocycles. The van der Waals surface area contributed by atoms with E-state index < -0.39 is 15.1 Å². The van der Waals surface area contributed by atoms with E-state index in [4.69, 9.17) is 4.42 Å². The molecule has 7 nitrogen and oxygen atoms in total. The summed E-state index contributed by atoms with van der Waals surface area (Å²) in [4.78, 5) is 23.4. The molecule has 148 valence electrons. The molecule has 0 N–H and O–H groups in total. The predicted octanol–water partition coefficient (Wildman–Crippen LogP) is 2.89. The first-order valence-electron chi connectivity index (χ1n) is 9.19. The van der Waals surface area contributed by atoms with E-state index in [2.05, 4.69) is 9.97 Å². The molecule has 0 unspecified atom stereocenters. The highest BCUT2D eigenvalue weighted by molar-refractivity contribution is 8.00. The number of hydrogen-bond donors (Lipinski definition) is 0. The van der Waals surface area contributed by atoms with Gasteiger partial charge in [0, 0.05) is 18.0 Å². The van der Waals surface area contributed by atoms with Gasteiger partial charge in [0.05, 0.1) is 16.8 Å². The Morgan fingerprint density at radius 1 is 1.36 bits per heavy atom. The molecule has 1 amide bonds. The largest absolute Gasteiger partial charge is 0.451 e. The van der Waals surface area contributed by atoms with Gasteiger partial charge in [-0.3, -0.25) is 4.79 Å². The first-order chi connectivity index (χ1) is 13.4. The lowest BCUT2D eigenvalue weighted by Crippen LogP contribution is -2.44. The van der Waals surface area contributed by atoms with Crippen LogP contribution < -0.4 is 0 Å². The number of benzene rings is 1. The maximum Gasteiger partial charge on any atom is 0.236 e. The van der Waals surface area contributed by atoms with Crippen LogP contribution >= 0.6 is 11.8 Å². The minimum atomic E-state index is -3.05. The van der Waals surface area contributed by atoms with Gasteiger partial charge in [-0.2, -0.15) is 0 Å². The fraction of sp³-hybridized carbons (Fsp3) is 0.421. The summed E-state index contributed by atoms with van der Waals surface area (Å²) in [5, 5.41) is 1.10. The van der Waals surface area contributed by atoms with Crippen LogP contribution in [0.25, 0.3) is 22.1 Å². The standard InChI is InChI=1S/C19H21N3O4S2/c1-3-22(13-8-9-28(24,25)10-13)19(23)12(2)27-18-17-16(20-11-21-18)14-6-4-5-7-15(14)26-17/h4-7,11-13H,3,8-10H2,1-2H3/t12-,13+/m1/s1. The van der Waals surface area contributed by atoms with Gasteiger partial charge >= 0.3 is 0 Å². The average Bonchev–Trinajstić information content (AvgIpc) is 3.23. The van der Waals surface area contributed by atoms with Crippen molar-refractivity contribution in [3.8, 4) is 0 Å². The number of hydrogen-bond acceptors (Lipinski definition) is 7. The van der Waals surface area contributed by atoms with Crippen LogP contribution in [0, 0.1) is 0 Å². The highest BCUT2D eigenvalue weighted by Crippen LogP contribution is 2.34. The van der Waals surface area contributed by atoms with Gasteiger partial charge in [-0.1, -0.05) is 23.9 Å². The molecule has 1 fully saturated rings. The van der Waals surface area contributed by atoms with Gasteiger partial charge in [0.15, 0.2) is 15.4 Å². The molecule has 1 aromatic carbocycles. The van der Waals surface area contributed by atoms with Gasteiger partial charge in [-0.25, -0.2) is 18.4 Å². The van der Waals surface area contributed by atoms with Crippen molar-refractivity contribution < 1.29 is 17.6 Å². The number of aromatic nitrogens is 2. The SMILES string of the molecule is CCN(C(=O)[C@@H](C)Sc1ncnc2c1oc1ccccc12)[C@H]1CCS(=O)(=O)C1. The van der Waals surface area contributed by atoms with Crippen LogP contribution in [0.1, 0.15) is 20.3 Å². The summed E-state index contributed by atoms with van der Waals surface area (Å²) < 4.78 is 29.5. The number of nitrogens with zero attached hydrogens (tertiary/aromatic N) is 3. The molecule has 4 rings (SSSR count). The zero-order valence-electron chi connectivity index (χ0n) is 15.7. The second kappa shape index (κ2) is 7.36. The zero-order chi connectivity index (χ0) is 19.9. The quantitative estimate of drug-likeness (QED) is 0.464. The van der Waals surface area contributed by atoms with E-state index in [-0.39, 0.29) is 23.5 Å². The molecule has 2 aromatic heterocycles. The van der Waals surface area contributed by atoms with Gasteiger partial charge in [0.1, 0.15) is 22.5 Å². The molecule has 9 heteroatoms. The highest BCUT2D eigenvalue weighted by atomic mass is 32.2. The third kappa shape index (κ3) is 3.48. The Morgan fingerprint density at radius 2 is 2.14 bits per heavy atom.